The molecule has 0 unspecified atom stereocenters. The van der Waals surface area contributed by atoms with Crippen LogP contribution in [-0.2, 0) is 0 Å². The highest BCUT2D eigenvalue weighted by molar-refractivity contribution is 5.41. The molecule has 3 nitrogen and oxygen atoms in total. The Kier molecular flexibility index (Phi) is 3.47. The fourth-order valence-electron chi connectivity index (χ4n) is 1.42. The van der Waals surface area contributed by atoms with Crippen molar-refractivity contribution in [3.63, 3.8) is 0 Å². The van der Waals surface area contributed by atoms with E-state index in [-0.39, 0.29) is 6.04 Å². The van der Waals surface area contributed by atoms with Crippen LogP contribution in [0.4, 0.5) is 5.82 Å². The number of hydrogen-bond acceptors (Lipinski definition) is 3. The largest absolute Gasteiger partial charge is 0.368 e. The first-order chi connectivity index (χ1) is 6.50. The smallest absolute Gasteiger partial charge is 0.126 e. The predicted molar refractivity (Wildman–Crippen MR) is 60.3 cm³/mol. The third kappa shape index (κ3) is 2.70. The lowest BCUT2D eigenvalue weighted by Crippen LogP contribution is -2.13. The zero-order valence-electron chi connectivity index (χ0n) is 9.33. The van der Waals surface area contributed by atoms with E-state index >= 15 is 0 Å². The van der Waals surface area contributed by atoms with Crippen LogP contribution in [0.15, 0.2) is 12.3 Å². The molecule has 0 aromatic carbocycles. The average molecular weight is 193 g/mol. The normalized spacial score (nSPS) is 13.0. The molecule has 0 spiro atoms. The Balaban J connectivity index is 2.89. The molecule has 0 aliphatic rings. The van der Waals surface area contributed by atoms with Crippen molar-refractivity contribution in [1.82, 2.24) is 4.98 Å². The SMILES string of the molecule is Cc1cc(NC(C)C)ncc1[C@H](C)N. The summed E-state index contributed by atoms with van der Waals surface area (Å²) in [6.45, 7) is 8.22. The molecule has 14 heavy (non-hydrogen) atoms. The van der Waals surface area contributed by atoms with Gasteiger partial charge in [-0.2, -0.15) is 0 Å². The van der Waals surface area contributed by atoms with Gasteiger partial charge in [-0.3, -0.25) is 0 Å². The van der Waals surface area contributed by atoms with Crippen LogP contribution in [0.1, 0.15) is 37.9 Å². The molecule has 78 valence electrons. The highest BCUT2D eigenvalue weighted by atomic mass is 15.0. The third-order valence-electron chi connectivity index (χ3n) is 2.08. The van der Waals surface area contributed by atoms with Crippen LogP contribution in [0.5, 0.6) is 0 Å². The third-order valence-corrected chi connectivity index (χ3v) is 2.08. The van der Waals surface area contributed by atoms with Crippen LogP contribution >= 0.6 is 0 Å². The van der Waals surface area contributed by atoms with E-state index in [1.54, 1.807) is 0 Å². The number of nitrogens with zero attached hydrogens (tertiary/aromatic N) is 1. The molecule has 1 aromatic heterocycles. The van der Waals surface area contributed by atoms with E-state index in [1.807, 2.05) is 19.2 Å². The summed E-state index contributed by atoms with van der Waals surface area (Å²) < 4.78 is 0. The summed E-state index contributed by atoms with van der Waals surface area (Å²) in [6, 6.07) is 2.50. The van der Waals surface area contributed by atoms with Gasteiger partial charge in [-0.15, -0.1) is 0 Å². The van der Waals surface area contributed by atoms with Gasteiger partial charge < -0.3 is 11.1 Å². The molecule has 0 aliphatic heterocycles. The Bertz CT molecular complexity index is 305. The lowest BCUT2D eigenvalue weighted by Gasteiger charge is -2.13. The number of rotatable bonds is 3. The van der Waals surface area contributed by atoms with Crippen LogP contribution < -0.4 is 11.1 Å². The molecule has 0 aliphatic carbocycles. The van der Waals surface area contributed by atoms with Crippen molar-refractivity contribution in [2.45, 2.75) is 39.8 Å². The highest BCUT2D eigenvalue weighted by Gasteiger charge is 2.05. The molecule has 0 radical (unpaired) electrons. The number of anilines is 1. The highest BCUT2D eigenvalue weighted by Crippen LogP contribution is 2.17. The maximum atomic E-state index is 5.81. The Morgan fingerprint density at radius 1 is 1.36 bits per heavy atom. The van der Waals surface area contributed by atoms with E-state index in [1.165, 1.54) is 5.56 Å². The number of nitrogens with two attached hydrogens (primary N) is 1. The van der Waals surface area contributed by atoms with Gasteiger partial charge in [0.1, 0.15) is 5.82 Å². The predicted octanol–water partition coefficient (Wildman–Crippen LogP) is 2.23. The second kappa shape index (κ2) is 4.42. The van der Waals surface area contributed by atoms with Gasteiger partial charge in [0.05, 0.1) is 0 Å². The first kappa shape index (κ1) is 11.0. The average Bonchev–Trinajstić information content (AvgIpc) is 2.01. The molecule has 0 bridgehead atoms. The Hall–Kier alpha value is -1.09. The van der Waals surface area contributed by atoms with E-state index in [0.29, 0.717) is 6.04 Å². The van der Waals surface area contributed by atoms with Gasteiger partial charge in [0.25, 0.3) is 0 Å². The standard InChI is InChI=1S/C11H19N3/c1-7(2)14-11-5-8(3)10(6-13-11)9(4)12/h5-7,9H,12H2,1-4H3,(H,13,14)/t9-/m0/s1. The molecule has 0 saturated heterocycles. The minimum Gasteiger partial charge on any atom is -0.368 e. The topological polar surface area (TPSA) is 50.9 Å². The Morgan fingerprint density at radius 3 is 2.43 bits per heavy atom. The quantitative estimate of drug-likeness (QED) is 0.774. The number of aryl methyl sites for hydroxylation is 1. The summed E-state index contributed by atoms with van der Waals surface area (Å²) in [5.74, 6) is 0.918. The first-order valence-corrected chi connectivity index (χ1v) is 4.99. The van der Waals surface area contributed by atoms with Crippen LogP contribution in [0, 0.1) is 6.92 Å². The van der Waals surface area contributed by atoms with Crippen molar-refractivity contribution >= 4 is 5.82 Å². The second-order valence-corrected chi connectivity index (χ2v) is 4.01. The van der Waals surface area contributed by atoms with Gasteiger partial charge >= 0.3 is 0 Å². The molecule has 1 rings (SSSR count). The van der Waals surface area contributed by atoms with Crippen molar-refractivity contribution in [2.24, 2.45) is 5.73 Å². The molecule has 1 heterocycles. The minimum absolute atomic E-state index is 0.0515. The van der Waals surface area contributed by atoms with Crippen LogP contribution in [0.3, 0.4) is 0 Å². The maximum absolute atomic E-state index is 5.81. The summed E-state index contributed by atoms with van der Waals surface area (Å²) in [7, 11) is 0. The number of pyridine rings is 1. The van der Waals surface area contributed by atoms with Crippen molar-refractivity contribution in [3.8, 4) is 0 Å². The molecule has 0 saturated carbocycles. The molecule has 3 N–H and O–H groups in total. The lowest BCUT2D eigenvalue weighted by atomic mass is 10.1. The van der Waals surface area contributed by atoms with Crippen LogP contribution in [-0.4, -0.2) is 11.0 Å². The van der Waals surface area contributed by atoms with Gasteiger partial charge in [-0.05, 0) is 44.9 Å². The molecular formula is C11H19N3. The first-order valence-electron chi connectivity index (χ1n) is 4.99. The van der Waals surface area contributed by atoms with Gasteiger partial charge in [-0.25, -0.2) is 4.98 Å². The summed E-state index contributed by atoms with van der Waals surface area (Å²) >= 11 is 0. The maximum Gasteiger partial charge on any atom is 0.126 e. The molecule has 0 fully saturated rings. The summed E-state index contributed by atoms with van der Waals surface area (Å²) in [5, 5.41) is 3.26. The number of hydrogen-bond donors (Lipinski definition) is 2. The molecule has 1 aromatic rings. The number of nitrogens with one attached hydrogen (secondary N) is 1. The molecule has 0 amide bonds. The van der Waals surface area contributed by atoms with Gasteiger partial charge in [0, 0.05) is 18.3 Å². The van der Waals surface area contributed by atoms with E-state index in [0.717, 1.165) is 11.4 Å². The monoisotopic (exact) mass is 193 g/mol. The van der Waals surface area contributed by atoms with Gasteiger partial charge in [0.15, 0.2) is 0 Å². The summed E-state index contributed by atoms with van der Waals surface area (Å²) in [5.41, 5.74) is 8.11. The lowest BCUT2D eigenvalue weighted by molar-refractivity contribution is 0.801. The van der Waals surface area contributed by atoms with E-state index in [4.69, 9.17) is 5.73 Å². The molecular weight excluding hydrogens is 174 g/mol. The number of aromatic nitrogens is 1. The van der Waals surface area contributed by atoms with E-state index in [9.17, 15) is 0 Å². The fraction of sp³-hybridized carbons (Fsp3) is 0.545. The summed E-state index contributed by atoms with van der Waals surface area (Å²) in [4.78, 5) is 4.31. The zero-order chi connectivity index (χ0) is 10.7. The minimum atomic E-state index is 0.0515. The van der Waals surface area contributed by atoms with Gasteiger partial charge in [-0.1, -0.05) is 0 Å². The Morgan fingerprint density at radius 2 is 2.00 bits per heavy atom. The van der Waals surface area contributed by atoms with E-state index in [2.05, 4.69) is 31.1 Å². The molecule has 3 heteroatoms. The van der Waals surface area contributed by atoms with Crippen molar-refractivity contribution in [1.29, 1.82) is 0 Å². The fourth-order valence-corrected chi connectivity index (χ4v) is 1.42. The molecule has 1 atom stereocenters. The summed E-state index contributed by atoms with van der Waals surface area (Å²) in [6.07, 6.45) is 1.85. The van der Waals surface area contributed by atoms with E-state index < -0.39 is 0 Å². The van der Waals surface area contributed by atoms with Crippen LogP contribution in [0.2, 0.25) is 0 Å². The van der Waals surface area contributed by atoms with Gasteiger partial charge in [0.2, 0.25) is 0 Å². The van der Waals surface area contributed by atoms with Crippen molar-refractivity contribution in [2.75, 3.05) is 5.32 Å². The van der Waals surface area contributed by atoms with Crippen LogP contribution in [0.25, 0.3) is 0 Å². The van der Waals surface area contributed by atoms with Crippen molar-refractivity contribution in [3.05, 3.63) is 23.4 Å². The van der Waals surface area contributed by atoms with Crippen molar-refractivity contribution < 1.29 is 0 Å². The second-order valence-electron chi connectivity index (χ2n) is 4.01. The zero-order valence-corrected chi connectivity index (χ0v) is 9.33. The Labute approximate surface area is 85.7 Å².